The number of fused-ring (bicyclic) bond motifs is 1. The number of amides is 1. The van der Waals surface area contributed by atoms with Crippen LogP contribution in [0.5, 0.6) is 0 Å². The van der Waals surface area contributed by atoms with Gasteiger partial charge in [-0.2, -0.15) is 0 Å². The van der Waals surface area contributed by atoms with E-state index in [-0.39, 0.29) is 18.2 Å². The topological polar surface area (TPSA) is 75.3 Å². The SMILES string of the molecule is Cc1ccccc1CS(=O)(=O)NCc1ccc2c(c1)CC(=O)N2. The van der Waals surface area contributed by atoms with Crippen molar-refractivity contribution in [1.82, 2.24) is 4.72 Å². The van der Waals surface area contributed by atoms with Gasteiger partial charge in [0.15, 0.2) is 0 Å². The molecular formula is C17H18N2O3S. The summed E-state index contributed by atoms with van der Waals surface area (Å²) in [5.41, 5.74) is 4.31. The number of hydrogen-bond donors (Lipinski definition) is 2. The maximum atomic E-state index is 12.2. The normalized spacial score (nSPS) is 13.7. The van der Waals surface area contributed by atoms with E-state index in [2.05, 4.69) is 10.0 Å². The van der Waals surface area contributed by atoms with Crippen LogP contribution in [-0.2, 0) is 33.5 Å². The Kier molecular flexibility index (Phi) is 4.19. The fourth-order valence-electron chi connectivity index (χ4n) is 2.61. The Labute approximate surface area is 135 Å². The summed E-state index contributed by atoms with van der Waals surface area (Å²) in [4.78, 5) is 11.3. The number of sulfonamides is 1. The average Bonchev–Trinajstić information content (AvgIpc) is 2.87. The van der Waals surface area contributed by atoms with Gasteiger partial charge in [0.25, 0.3) is 0 Å². The number of hydrogen-bond acceptors (Lipinski definition) is 3. The molecule has 0 fully saturated rings. The number of carbonyl (C=O) groups is 1. The van der Waals surface area contributed by atoms with Gasteiger partial charge in [0.2, 0.25) is 15.9 Å². The molecule has 0 radical (unpaired) electrons. The fourth-order valence-corrected chi connectivity index (χ4v) is 3.84. The molecule has 2 aromatic carbocycles. The monoisotopic (exact) mass is 330 g/mol. The van der Waals surface area contributed by atoms with E-state index in [4.69, 9.17) is 0 Å². The van der Waals surface area contributed by atoms with Crippen molar-refractivity contribution in [1.29, 1.82) is 0 Å². The van der Waals surface area contributed by atoms with Gasteiger partial charge in [-0.15, -0.1) is 0 Å². The molecule has 0 aliphatic carbocycles. The summed E-state index contributed by atoms with van der Waals surface area (Å²) in [6, 6.07) is 12.9. The van der Waals surface area contributed by atoms with Crippen molar-refractivity contribution in [3.63, 3.8) is 0 Å². The lowest BCUT2D eigenvalue weighted by molar-refractivity contribution is -0.115. The average molecular weight is 330 g/mol. The zero-order valence-corrected chi connectivity index (χ0v) is 13.6. The van der Waals surface area contributed by atoms with Crippen LogP contribution < -0.4 is 10.0 Å². The Morgan fingerprint density at radius 1 is 1.17 bits per heavy atom. The highest BCUT2D eigenvalue weighted by Crippen LogP contribution is 2.23. The first-order chi connectivity index (χ1) is 10.9. The third-order valence-corrected chi connectivity index (χ3v) is 5.17. The molecular weight excluding hydrogens is 312 g/mol. The van der Waals surface area contributed by atoms with Gasteiger partial charge in [0.1, 0.15) is 0 Å². The predicted octanol–water partition coefficient (Wildman–Crippen LogP) is 2.11. The zero-order chi connectivity index (χ0) is 16.4. The van der Waals surface area contributed by atoms with Gasteiger partial charge in [-0.3, -0.25) is 4.79 Å². The molecule has 0 saturated carbocycles. The van der Waals surface area contributed by atoms with Gasteiger partial charge in [-0.25, -0.2) is 13.1 Å². The van der Waals surface area contributed by atoms with Crippen LogP contribution in [0.1, 0.15) is 22.3 Å². The molecule has 2 N–H and O–H groups in total. The lowest BCUT2D eigenvalue weighted by Crippen LogP contribution is -2.25. The molecule has 0 aromatic heterocycles. The number of carbonyl (C=O) groups excluding carboxylic acids is 1. The van der Waals surface area contributed by atoms with Gasteiger partial charge < -0.3 is 5.32 Å². The molecule has 6 heteroatoms. The lowest BCUT2D eigenvalue weighted by Gasteiger charge is -2.09. The Balaban J connectivity index is 1.67. The van der Waals surface area contributed by atoms with Crippen molar-refractivity contribution in [2.24, 2.45) is 0 Å². The minimum absolute atomic E-state index is 0.0303. The van der Waals surface area contributed by atoms with Gasteiger partial charge in [-0.05, 0) is 35.2 Å². The minimum atomic E-state index is -3.41. The first-order valence-electron chi connectivity index (χ1n) is 7.36. The van der Waals surface area contributed by atoms with Crippen molar-refractivity contribution < 1.29 is 13.2 Å². The molecule has 0 atom stereocenters. The van der Waals surface area contributed by atoms with Gasteiger partial charge in [-0.1, -0.05) is 36.4 Å². The zero-order valence-electron chi connectivity index (χ0n) is 12.8. The number of rotatable bonds is 5. The largest absolute Gasteiger partial charge is 0.326 e. The van der Waals surface area contributed by atoms with Crippen LogP contribution in [0.25, 0.3) is 0 Å². The fraction of sp³-hybridized carbons (Fsp3) is 0.235. The highest BCUT2D eigenvalue weighted by atomic mass is 32.2. The van der Waals surface area contributed by atoms with Crippen molar-refractivity contribution in [2.75, 3.05) is 5.32 Å². The molecule has 2 aromatic rings. The van der Waals surface area contributed by atoms with Crippen molar-refractivity contribution in [3.8, 4) is 0 Å². The van der Waals surface area contributed by atoms with Crippen LogP contribution in [0, 0.1) is 6.92 Å². The van der Waals surface area contributed by atoms with Gasteiger partial charge in [0, 0.05) is 12.2 Å². The first kappa shape index (κ1) is 15.7. The summed E-state index contributed by atoms with van der Waals surface area (Å²) >= 11 is 0. The molecule has 5 nitrogen and oxygen atoms in total. The highest BCUT2D eigenvalue weighted by Gasteiger charge is 2.18. The molecule has 1 amide bonds. The highest BCUT2D eigenvalue weighted by molar-refractivity contribution is 7.88. The third kappa shape index (κ3) is 3.78. The van der Waals surface area contributed by atoms with Crippen LogP contribution in [0.2, 0.25) is 0 Å². The third-order valence-electron chi connectivity index (χ3n) is 3.90. The number of benzene rings is 2. The molecule has 0 bridgehead atoms. The van der Waals surface area contributed by atoms with Crippen LogP contribution in [0.3, 0.4) is 0 Å². The molecule has 0 unspecified atom stereocenters. The Morgan fingerprint density at radius 2 is 1.96 bits per heavy atom. The van der Waals surface area contributed by atoms with E-state index in [1.807, 2.05) is 49.4 Å². The number of anilines is 1. The predicted molar refractivity (Wildman–Crippen MR) is 89.4 cm³/mol. The second-order valence-corrected chi connectivity index (χ2v) is 7.53. The number of aryl methyl sites for hydroxylation is 1. The van der Waals surface area contributed by atoms with Crippen LogP contribution in [-0.4, -0.2) is 14.3 Å². The van der Waals surface area contributed by atoms with Crippen molar-refractivity contribution >= 4 is 21.6 Å². The maximum Gasteiger partial charge on any atom is 0.228 e. The van der Waals surface area contributed by atoms with E-state index in [9.17, 15) is 13.2 Å². The smallest absolute Gasteiger partial charge is 0.228 e. The van der Waals surface area contributed by atoms with E-state index in [0.717, 1.165) is 27.9 Å². The van der Waals surface area contributed by atoms with E-state index >= 15 is 0 Å². The Morgan fingerprint density at radius 3 is 2.74 bits per heavy atom. The summed E-state index contributed by atoms with van der Waals surface area (Å²) in [7, 11) is -3.41. The second-order valence-electron chi connectivity index (χ2n) is 5.72. The first-order valence-corrected chi connectivity index (χ1v) is 9.02. The van der Waals surface area contributed by atoms with E-state index in [1.165, 1.54) is 0 Å². The Bertz CT molecular complexity index is 860. The molecule has 1 heterocycles. The molecule has 120 valence electrons. The summed E-state index contributed by atoms with van der Waals surface area (Å²) in [6.07, 6.45) is 0.346. The lowest BCUT2D eigenvalue weighted by atomic mass is 10.1. The van der Waals surface area contributed by atoms with E-state index in [1.54, 1.807) is 0 Å². The Hall–Kier alpha value is -2.18. The molecule has 0 saturated heterocycles. The minimum Gasteiger partial charge on any atom is -0.326 e. The molecule has 0 spiro atoms. The molecule has 23 heavy (non-hydrogen) atoms. The van der Waals surface area contributed by atoms with Gasteiger partial charge >= 0.3 is 0 Å². The summed E-state index contributed by atoms with van der Waals surface area (Å²) in [5, 5.41) is 2.76. The maximum absolute atomic E-state index is 12.2. The second kappa shape index (κ2) is 6.14. The van der Waals surface area contributed by atoms with Crippen molar-refractivity contribution in [2.45, 2.75) is 25.6 Å². The molecule has 1 aliphatic heterocycles. The summed E-state index contributed by atoms with van der Waals surface area (Å²) in [5.74, 6) is -0.0673. The standard InChI is InChI=1S/C17H18N2O3S/c1-12-4-2-3-5-14(12)11-23(21,22)18-10-13-6-7-16-15(8-13)9-17(20)19-16/h2-8,18H,9-11H2,1H3,(H,19,20). The molecule has 3 rings (SSSR count). The summed E-state index contributed by atoms with van der Waals surface area (Å²) in [6.45, 7) is 2.12. The van der Waals surface area contributed by atoms with Gasteiger partial charge in [0.05, 0.1) is 12.2 Å². The summed E-state index contributed by atoms with van der Waals surface area (Å²) < 4.78 is 27.1. The van der Waals surface area contributed by atoms with Crippen molar-refractivity contribution in [3.05, 3.63) is 64.7 Å². The van der Waals surface area contributed by atoms with Crippen LogP contribution in [0.4, 0.5) is 5.69 Å². The van der Waals surface area contributed by atoms with Crippen LogP contribution in [0.15, 0.2) is 42.5 Å². The quantitative estimate of drug-likeness (QED) is 0.882. The number of nitrogens with one attached hydrogen (secondary N) is 2. The van der Waals surface area contributed by atoms with Crippen LogP contribution >= 0.6 is 0 Å². The van der Waals surface area contributed by atoms with E-state index < -0.39 is 10.0 Å². The molecule has 1 aliphatic rings. The van der Waals surface area contributed by atoms with E-state index in [0.29, 0.717) is 6.42 Å².